The Kier molecular flexibility index (Phi) is 7.37. The minimum Gasteiger partial charge on any atom is -0.255 e. The topological polar surface area (TPSA) is 77.3 Å². The van der Waals surface area contributed by atoms with E-state index in [1.165, 1.54) is 0 Å². The van der Waals surface area contributed by atoms with Crippen LogP contribution in [0.3, 0.4) is 0 Å². The molecule has 0 aliphatic heterocycles. The molecule has 6 nitrogen and oxygen atoms in total. The van der Waals surface area contributed by atoms with Crippen molar-refractivity contribution < 1.29 is 0 Å². The Morgan fingerprint density at radius 3 is 1.48 bits per heavy atom. The summed E-state index contributed by atoms with van der Waals surface area (Å²) >= 11 is 0. The minimum atomic E-state index is 0.615. The lowest BCUT2D eigenvalue weighted by Crippen LogP contribution is -2.01. The maximum Gasteiger partial charge on any atom is 0.164 e. The zero-order valence-corrected chi connectivity index (χ0v) is 26.8. The van der Waals surface area contributed by atoms with Gasteiger partial charge in [0.05, 0.1) is 28.1 Å². The standard InChI is InChI=1S/C44H28N6/c1-3-11-31(12-4-1)42-48-43(32-13-5-2-6-14-32)50-44(49-42)36-16-8-7-15-35(36)33-20-18-29-22-24-37(46-40(29)27-33)34-21-19-30-23-25-39(47-41(30)28-34)38-17-9-10-26-45-38/h1-28H. The van der Waals surface area contributed by atoms with Gasteiger partial charge in [0, 0.05) is 39.2 Å². The number of fused-ring (bicyclic) bond motifs is 2. The predicted octanol–water partition coefficient (Wildman–Crippen LogP) is 10.4. The number of aromatic nitrogens is 6. The first-order chi connectivity index (χ1) is 24.7. The van der Waals surface area contributed by atoms with Crippen LogP contribution in [0.1, 0.15) is 0 Å². The van der Waals surface area contributed by atoms with Crippen LogP contribution in [0.4, 0.5) is 0 Å². The van der Waals surface area contributed by atoms with Crippen molar-refractivity contribution in [3.05, 3.63) is 170 Å². The van der Waals surface area contributed by atoms with Crippen molar-refractivity contribution in [2.24, 2.45) is 0 Å². The number of rotatable bonds is 6. The van der Waals surface area contributed by atoms with Gasteiger partial charge in [-0.25, -0.2) is 24.9 Å². The van der Waals surface area contributed by atoms with Crippen LogP contribution in [0.2, 0.25) is 0 Å². The molecule has 5 aromatic carbocycles. The van der Waals surface area contributed by atoms with Gasteiger partial charge in [-0.15, -0.1) is 0 Å². The number of benzene rings is 5. The lowest BCUT2D eigenvalue weighted by atomic mass is 9.97. The van der Waals surface area contributed by atoms with Crippen molar-refractivity contribution in [3.8, 4) is 67.9 Å². The van der Waals surface area contributed by atoms with E-state index >= 15 is 0 Å². The van der Waals surface area contributed by atoms with Crippen LogP contribution in [0.5, 0.6) is 0 Å². The molecule has 234 valence electrons. The van der Waals surface area contributed by atoms with Crippen molar-refractivity contribution in [2.75, 3.05) is 0 Å². The molecular weight excluding hydrogens is 613 g/mol. The number of hydrogen-bond acceptors (Lipinski definition) is 6. The third-order valence-electron chi connectivity index (χ3n) is 8.79. The quantitative estimate of drug-likeness (QED) is 0.180. The van der Waals surface area contributed by atoms with Gasteiger partial charge in [0.2, 0.25) is 0 Å². The van der Waals surface area contributed by atoms with Crippen molar-refractivity contribution in [1.29, 1.82) is 0 Å². The van der Waals surface area contributed by atoms with Gasteiger partial charge in [-0.05, 0) is 47.5 Å². The third kappa shape index (κ3) is 5.65. The number of hydrogen-bond donors (Lipinski definition) is 0. The fraction of sp³-hybridized carbons (Fsp3) is 0. The number of nitrogens with zero attached hydrogens (tertiary/aromatic N) is 6. The fourth-order valence-electron chi connectivity index (χ4n) is 6.24. The van der Waals surface area contributed by atoms with E-state index in [1.54, 1.807) is 6.20 Å². The Morgan fingerprint density at radius 1 is 0.300 bits per heavy atom. The molecule has 0 atom stereocenters. The average Bonchev–Trinajstić information content (AvgIpc) is 3.21. The zero-order chi connectivity index (χ0) is 33.3. The molecular formula is C44H28N6. The van der Waals surface area contributed by atoms with Gasteiger partial charge in [0.25, 0.3) is 0 Å². The molecule has 0 aliphatic carbocycles. The summed E-state index contributed by atoms with van der Waals surface area (Å²) in [5, 5.41) is 2.13. The van der Waals surface area contributed by atoms with Crippen LogP contribution >= 0.6 is 0 Å². The van der Waals surface area contributed by atoms with E-state index in [4.69, 9.17) is 24.9 Å². The van der Waals surface area contributed by atoms with E-state index in [9.17, 15) is 0 Å². The Balaban J connectivity index is 1.13. The van der Waals surface area contributed by atoms with E-state index < -0.39 is 0 Å². The smallest absolute Gasteiger partial charge is 0.164 e. The van der Waals surface area contributed by atoms with Crippen LogP contribution in [-0.2, 0) is 0 Å². The molecule has 0 fully saturated rings. The van der Waals surface area contributed by atoms with Crippen LogP contribution in [-0.4, -0.2) is 29.9 Å². The van der Waals surface area contributed by atoms with Crippen molar-refractivity contribution >= 4 is 21.8 Å². The summed E-state index contributed by atoms with van der Waals surface area (Å²) in [6, 6.07) is 55.2. The SMILES string of the molecule is c1ccc(-c2nc(-c3ccccc3)nc(-c3ccccc3-c3ccc4ccc(-c5ccc6ccc(-c7ccccn7)nc6c5)nc4c3)n2)cc1. The van der Waals surface area contributed by atoms with E-state index in [2.05, 4.69) is 71.7 Å². The normalized spacial score (nSPS) is 11.2. The largest absolute Gasteiger partial charge is 0.255 e. The van der Waals surface area contributed by atoms with Gasteiger partial charge in [-0.1, -0.05) is 127 Å². The summed E-state index contributed by atoms with van der Waals surface area (Å²) in [6.45, 7) is 0. The van der Waals surface area contributed by atoms with Gasteiger partial charge in [0.15, 0.2) is 17.5 Å². The van der Waals surface area contributed by atoms with Gasteiger partial charge < -0.3 is 0 Å². The molecule has 0 radical (unpaired) electrons. The molecule has 0 aliphatic rings. The van der Waals surface area contributed by atoms with E-state index in [0.29, 0.717) is 17.5 Å². The molecule has 6 heteroatoms. The maximum atomic E-state index is 5.15. The van der Waals surface area contributed by atoms with E-state index in [-0.39, 0.29) is 0 Å². The summed E-state index contributed by atoms with van der Waals surface area (Å²) in [4.78, 5) is 29.4. The van der Waals surface area contributed by atoms with Gasteiger partial charge in [0.1, 0.15) is 0 Å². The second-order valence-corrected chi connectivity index (χ2v) is 12.0. The molecule has 0 spiro atoms. The highest BCUT2D eigenvalue weighted by molar-refractivity contribution is 5.91. The van der Waals surface area contributed by atoms with Crippen LogP contribution in [0.25, 0.3) is 89.7 Å². The Morgan fingerprint density at radius 2 is 0.820 bits per heavy atom. The summed E-state index contributed by atoms with van der Waals surface area (Å²) in [5.74, 6) is 1.88. The zero-order valence-electron chi connectivity index (χ0n) is 26.8. The summed E-state index contributed by atoms with van der Waals surface area (Å²) in [6.07, 6.45) is 1.79. The third-order valence-corrected chi connectivity index (χ3v) is 8.79. The van der Waals surface area contributed by atoms with E-state index in [0.717, 1.165) is 72.3 Å². The predicted molar refractivity (Wildman–Crippen MR) is 201 cm³/mol. The van der Waals surface area contributed by atoms with Crippen LogP contribution in [0, 0.1) is 0 Å². The van der Waals surface area contributed by atoms with Gasteiger partial charge in [-0.2, -0.15) is 0 Å². The maximum absolute atomic E-state index is 5.15. The second-order valence-electron chi connectivity index (χ2n) is 12.0. The van der Waals surface area contributed by atoms with Crippen molar-refractivity contribution in [3.63, 3.8) is 0 Å². The van der Waals surface area contributed by atoms with E-state index in [1.807, 2.05) is 97.1 Å². The lowest BCUT2D eigenvalue weighted by molar-refractivity contribution is 1.07. The molecule has 0 unspecified atom stereocenters. The molecule has 4 heterocycles. The molecule has 0 amide bonds. The summed E-state index contributed by atoms with van der Waals surface area (Å²) < 4.78 is 0. The second kappa shape index (κ2) is 12.6. The van der Waals surface area contributed by atoms with Crippen molar-refractivity contribution in [1.82, 2.24) is 29.9 Å². The molecule has 0 N–H and O–H groups in total. The monoisotopic (exact) mass is 640 g/mol. The molecule has 50 heavy (non-hydrogen) atoms. The highest BCUT2D eigenvalue weighted by Gasteiger charge is 2.16. The Hall–Kier alpha value is -6.92. The van der Waals surface area contributed by atoms with Crippen molar-refractivity contribution in [2.45, 2.75) is 0 Å². The molecule has 0 bridgehead atoms. The lowest BCUT2D eigenvalue weighted by Gasteiger charge is -2.13. The Bertz CT molecular complexity index is 2580. The first kappa shape index (κ1) is 29.2. The average molecular weight is 641 g/mol. The van der Waals surface area contributed by atoms with Gasteiger partial charge >= 0.3 is 0 Å². The first-order valence-electron chi connectivity index (χ1n) is 16.5. The summed E-state index contributed by atoms with van der Waals surface area (Å²) in [7, 11) is 0. The van der Waals surface area contributed by atoms with Gasteiger partial charge in [-0.3, -0.25) is 4.98 Å². The Labute approximate surface area is 288 Å². The highest BCUT2D eigenvalue weighted by atomic mass is 15.0. The summed E-state index contributed by atoms with van der Waals surface area (Å²) in [5.41, 5.74) is 10.2. The number of pyridine rings is 3. The molecule has 4 aromatic heterocycles. The first-order valence-corrected chi connectivity index (χ1v) is 16.5. The minimum absolute atomic E-state index is 0.615. The fourth-order valence-corrected chi connectivity index (χ4v) is 6.24. The highest BCUT2D eigenvalue weighted by Crippen LogP contribution is 2.34. The molecule has 9 rings (SSSR count). The molecule has 9 aromatic rings. The molecule has 0 saturated heterocycles. The van der Waals surface area contributed by atoms with Crippen LogP contribution in [0.15, 0.2) is 170 Å². The molecule has 0 saturated carbocycles. The van der Waals surface area contributed by atoms with Crippen LogP contribution < -0.4 is 0 Å².